The van der Waals surface area contributed by atoms with Gasteiger partial charge in [-0.15, -0.1) is 0 Å². The molecule has 0 spiro atoms. The van der Waals surface area contributed by atoms with Crippen molar-refractivity contribution in [2.75, 3.05) is 6.54 Å². The highest BCUT2D eigenvalue weighted by Crippen LogP contribution is 2.11. The zero-order valence-corrected chi connectivity index (χ0v) is 9.86. The molecule has 1 heterocycles. The number of carboxylic acids is 1. The third kappa shape index (κ3) is 3.51. The van der Waals surface area contributed by atoms with Gasteiger partial charge in [0.15, 0.2) is 5.03 Å². The lowest BCUT2D eigenvalue weighted by molar-refractivity contribution is 0.0692. The van der Waals surface area contributed by atoms with Gasteiger partial charge in [0.1, 0.15) is 5.56 Å². The van der Waals surface area contributed by atoms with Crippen molar-refractivity contribution in [1.29, 1.82) is 0 Å². The highest BCUT2D eigenvalue weighted by atomic mass is 32.2. The van der Waals surface area contributed by atoms with Crippen molar-refractivity contribution in [3.05, 3.63) is 11.8 Å². The molecule has 0 fully saturated rings. The van der Waals surface area contributed by atoms with E-state index in [4.69, 9.17) is 10.2 Å². The average Bonchev–Trinajstić information content (AvgIpc) is 2.65. The van der Waals surface area contributed by atoms with Crippen molar-refractivity contribution < 1.29 is 23.4 Å². The van der Waals surface area contributed by atoms with Crippen molar-refractivity contribution in [3.63, 3.8) is 0 Å². The van der Waals surface area contributed by atoms with Gasteiger partial charge in [0, 0.05) is 6.54 Å². The molecule has 17 heavy (non-hydrogen) atoms. The van der Waals surface area contributed by atoms with Crippen LogP contribution in [0.5, 0.6) is 0 Å². The molecular weight excluding hydrogens is 250 g/mol. The number of rotatable bonds is 6. The Morgan fingerprint density at radius 2 is 2.29 bits per heavy atom. The van der Waals surface area contributed by atoms with Crippen LogP contribution in [0.2, 0.25) is 0 Å². The molecule has 0 radical (unpaired) electrons. The third-order valence-electron chi connectivity index (χ3n) is 1.96. The second kappa shape index (κ2) is 5.25. The number of hydrogen-bond acceptors (Lipinski definition) is 5. The molecule has 0 aromatic carbocycles. The second-order valence-corrected chi connectivity index (χ2v) is 5.16. The largest absolute Gasteiger partial charge is 0.478 e. The minimum atomic E-state index is -3.95. The normalized spacial score (nSPS) is 13.5. The summed E-state index contributed by atoms with van der Waals surface area (Å²) in [4.78, 5) is 10.7. The van der Waals surface area contributed by atoms with Crippen LogP contribution in [0.3, 0.4) is 0 Å². The molecular formula is C8H13N3O5S. The van der Waals surface area contributed by atoms with Gasteiger partial charge in [-0.25, -0.2) is 17.9 Å². The lowest BCUT2D eigenvalue weighted by atomic mass is 10.3. The van der Waals surface area contributed by atoms with E-state index in [0.717, 1.165) is 6.20 Å². The highest BCUT2D eigenvalue weighted by Gasteiger charge is 2.24. The summed E-state index contributed by atoms with van der Waals surface area (Å²) >= 11 is 0. The summed E-state index contributed by atoms with van der Waals surface area (Å²) < 4.78 is 25.5. The van der Waals surface area contributed by atoms with Gasteiger partial charge in [-0.05, 0) is 13.3 Å². The second-order valence-electron chi connectivity index (χ2n) is 3.45. The van der Waals surface area contributed by atoms with Gasteiger partial charge < -0.3 is 10.2 Å². The third-order valence-corrected chi connectivity index (χ3v) is 3.39. The summed E-state index contributed by atoms with van der Waals surface area (Å²) in [6, 6.07) is 0. The van der Waals surface area contributed by atoms with Gasteiger partial charge in [-0.1, -0.05) is 0 Å². The molecule has 0 bridgehead atoms. The molecule has 0 aliphatic rings. The number of nitrogens with zero attached hydrogens (tertiary/aromatic N) is 1. The Morgan fingerprint density at radius 1 is 1.65 bits per heavy atom. The summed E-state index contributed by atoms with van der Waals surface area (Å²) in [5.74, 6) is -1.38. The van der Waals surface area contributed by atoms with E-state index in [1.165, 1.54) is 6.92 Å². The van der Waals surface area contributed by atoms with Crippen LogP contribution in [0, 0.1) is 0 Å². The molecule has 96 valence electrons. The lowest BCUT2D eigenvalue weighted by Gasteiger charge is -2.06. The standard InChI is InChI=1S/C8H13N3O5S/c1-5(12)2-3-10-17(15,16)7-6(8(13)14)4-9-11-7/h4-5,10,12H,2-3H2,1H3,(H,9,11)(H,13,14). The molecule has 1 aromatic heterocycles. The fraction of sp³-hybridized carbons (Fsp3) is 0.500. The smallest absolute Gasteiger partial charge is 0.340 e. The number of carbonyl (C=O) groups is 1. The molecule has 1 rings (SSSR count). The van der Waals surface area contributed by atoms with Crippen LogP contribution in [-0.2, 0) is 10.0 Å². The molecule has 0 aliphatic heterocycles. The first-order valence-corrected chi connectivity index (χ1v) is 6.27. The fourth-order valence-corrected chi connectivity index (χ4v) is 2.24. The van der Waals surface area contributed by atoms with Crippen LogP contribution in [0.25, 0.3) is 0 Å². The maximum Gasteiger partial charge on any atom is 0.340 e. The number of aliphatic hydroxyl groups is 1. The van der Waals surface area contributed by atoms with Crippen molar-refractivity contribution in [1.82, 2.24) is 14.9 Å². The number of nitrogens with one attached hydrogen (secondary N) is 2. The monoisotopic (exact) mass is 263 g/mol. The van der Waals surface area contributed by atoms with Gasteiger partial charge in [0.05, 0.1) is 12.3 Å². The van der Waals surface area contributed by atoms with E-state index in [2.05, 4.69) is 14.9 Å². The first-order valence-electron chi connectivity index (χ1n) is 4.79. The van der Waals surface area contributed by atoms with Crippen molar-refractivity contribution in [3.8, 4) is 0 Å². The molecule has 1 atom stereocenters. The summed E-state index contributed by atoms with van der Waals surface area (Å²) in [6.45, 7) is 1.53. The van der Waals surface area contributed by atoms with E-state index in [-0.39, 0.29) is 13.0 Å². The van der Waals surface area contributed by atoms with E-state index < -0.39 is 32.7 Å². The van der Waals surface area contributed by atoms with Crippen molar-refractivity contribution in [2.24, 2.45) is 0 Å². The van der Waals surface area contributed by atoms with Crippen LogP contribution in [0.15, 0.2) is 11.2 Å². The van der Waals surface area contributed by atoms with Gasteiger partial charge in [-0.3, -0.25) is 5.10 Å². The van der Waals surface area contributed by atoms with Crippen LogP contribution in [0.4, 0.5) is 0 Å². The molecule has 0 saturated heterocycles. The van der Waals surface area contributed by atoms with E-state index in [1.807, 2.05) is 0 Å². The molecule has 0 amide bonds. The zero-order chi connectivity index (χ0) is 13.1. The van der Waals surface area contributed by atoms with E-state index in [9.17, 15) is 13.2 Å². The Kier molecular flexibility index (Phi) is 4.21. The number of aromatic carboxylic acids is 1. The first kappa shape index (κ1) is 13.6. The minimum absolute atomic E-state index is 0.0120. The SMILES string of the molecule is CC(O)CCNS(=O)(=O)c1[nH]ncc1C(=O)O. The van der Waals surface area contributed by atoms with E-state index in [1.54, 1.807) is 0 Å². The number of aromatic amines is 1. The zero-order valence-electron chi connectivity index (χ0n) is 9.04. The minimum Gasteiger partial charge on any atom is -0.478 e. The molecule has 0 aliphatic carbocycles. The Hall–Kier alpha value is -1.45. The molecule has 4 N–H and O–H groups in total. The summed E-state index contributed by atoms with van der Waals surface area (Å²) in [6.07, 6.45) is 0.514. The van der Waals surface area contributed by atoms with Crippen molar-refractivity contribution in [2.45, 2.75) is 24.5 Å². The van der Waals surface area contributed by atoms with Gasteiger partial charge in [0.25, 0.3) is 10.0 Å². The fourth-order valence-electron chi connectivity index (χ4n) is 1.11. The lowest BCUT2D eigenvalue weighted by Crippen LogP contribution is -2.28. The number of aliphatic hydroxyl groups excluding tert-OH is 1. The number of H-pyrrole nitrogens is 1. The molecule has 1 aromatic rings. The van der Waals surface area contributed by atoms with Crippen molar-refractivity contribution >= 4 is 16.0 Å². The summed E-state index contributed by atoms with van der Waals surface area (Å²) in [5.41, 5.74) is -0.422. The Bertz CT molecular complexity index is 493. The van der Waals surface area contributed by atoms with Crippen LogP contribution < -0.4 is 4.72 Å². The summed E-state index contributed by atoms with van der Waals surface area (Å²) in [7, 11) is -3.95. The number of hydrogen-bond donors (Lipinski definition) is 4. The molecule has 1 unspecified atom stereocenters. The van der Waals surface area contributed by atoms with E-state index in [0.29, 0.717) is 0 Å². The number of sulfonamides is 1. The average molecular weight is 263 g/mol. The molecule has 0 saturated carbocycles. The maximum absolute atomic E-state index is 11.7. The first-order chi connectivity index (χ1) is 7.84. The molecule has 9 heteroatoms. The quantitative estimate of drug-likeness (QED) is 0.529. The highest BCUT2D eigenvalue weighted by molar-refractivity contribution is 7.89. The van der Waals surface area contributed by atoms with Crippen LogP contribution in [0.1, 0.15) is 23.7 Å². The number of aromatic nitrogens is 2. The summed E-state index contributed by atoms with van der Waals surface area (Å²) in [5, 5.41) is 22.7. The molecule has 8 nitrogen and oxygen atoms in total. The van der Waals surface area contributed by atoms with Gasteiger partial charge in [0.2, 0.25) is 0 Å². The van der Waals surface area contributed by atoms with Crippen LogP contribution in [-0.4, -0.2) is 47.4 Å². The predicted octanol–water partition coefficient (Wildman–Crippen LogP) is -0.843. The topological polar surface area (TPSA) is 132 Å². The Balaban J connectivity index is 2.83. The van der Waals surface area contributed by atoms with Crippen LogP contribution >= 0.6 is 0 Å². The predicted molar refractivity (Wildman–Crippen MR) is 57.0 cm³/mol. The number of carboxylic acid groups (broad SMARTS) is 1. The maximum atomic E-state index is 11.7. The Morgan fingerprint density at radius 3 is 2.82 bits per heavy atom. The van der Waals surface area contributed by atoms with E-state index >= 15 is 0 Å². The van der Waals surface area contributed by atoms with Gasteiger partial charge in [-0.2, -0.15) is 5.10 Å². The van der Waals surface area contributed by atoms with Gasteiger partial charge >= 0.3 is 5.97 Å². The Labute approximate surface area is 97.7 Å².